The average molecular weight is 337 g/mol. The number of carbonyl (C=O) groups excluding carboxylic acids is 1. The van der Waals surface area contributed by atoms with Crippen molar-refractivity contribution in [2.24, 2.45) is 11.7 Å². The summed E-state index contributed by atoms with van der Waals surface area (Å²) in [6.45, 7) is 3.25. The van der Waals surface area contributed by atoms with Crippen LogP contribution in [0.25, 0.3) is 0 Å². The van der Waals surface area contributed by atoms with E-state index in [0.29, 0.717) is 23.8 Å². The van der Waals surface area contributed by atoms with Crippen molar-refractivity contribution in [3.63, 3.8) is 0 Å². The van der Waals surface area contributed by atoms with Crippen molar-refractivity contribution in [3.05, 3.63) is 29.8 Å². The Bertz CT molecular complexity index is 453. The average Bonchev–Trinajstić information content (AvgIpc) is 2.45. The summed E-state index contributed by atoms with van der Waals surface area (Å²) in [5.74, 6) is -2.44. The van der Waals surface area contributed by atoms with E-state index in [1.165, 1.54) is 0 Å². The maximum atomic E-state index is 12.9. The van der Waals surface area contributed by atoms with E-state index in [9.17, 15) is 13.6 Å². The molecule has 0 saturated heterocycles. The van der Waals surface area contributed by atoms with E-state index in [1.807, 2.05) is 0 Å². The van der Waals surface area contributed by atoms with E-state index < -0.39 is 24.9 Å². The summed E-state index contributed by atoms with van der Waals surface area (Å²) in [6, 6.07) is 6.38. The van der Waals surface area contributed by atoms with Crippen LogP contribution in [0.3, 0.4) is 0 Å². The van der Waals surface area contributed by atoms with E-state index in [0.717, 1.165) is 6.42 Å². The smallest absolute Gasteiger partial charge is 0.277 e. The summed E-state index contributed by atoms with van der Waals surface area (Å²) in [6.07, 6.45) is 0.941. The molecule has 0 heterocycles. The summed E-state index contributed by atoms with van der Waals surface area (Å²) in [4.78, 5) is 11.7. The summed E-state index contributed by atoms with van der Waals surface area (Å²) in [7, 11) is 0. The van der Waals surface area contributed by atoms with Crippen LogP contribution in [-0.2, 0) is 0 Å². The molecule has 0 bridgehead atoms. The van der Waals surface area contributed by atoms with Crippen molar-refractivity contribution in [2.45, 2.75) is 26.2 Å². The highest BCUT2D eigenvalue weighted by molar-refractivity contribution is 5.94. The summed E-state index contributed by atoms with van der Waals surface area (Å²) >= 11 is 0. The Labute approximate surface area is 135 Å². The van der Waals surface area contributed by atoms with E-state index in [1.54, 1.807) is 24.3 Å². The van der Waals surface area contributed by atoms with Crippen LogP contribution in [0.5, 0.6) is 5.75 Å². The van der Waals surface area contributed by atoms with Gasteiger partial charge in [-0.3, -0.25) is 4.79 Å². The lowest BCUT2D eigenvalue weighted by atomic mass is 10.1. The molecular weight excluding hydrogens is 314 g/mol. The van der Waals surface area contributed by atoms with Crippen LogP contribution < -0.4 is 15.8 Å². The molecule has 0 aliphatic heterocycles. The maximum absolute atomic E-state index is 12.9. The van der Waals surface area contributed by atoms with E-state index in [-0.39, 0.29) is 12.4 Å². The van der Waals surface area contributed by atoms with Crippen LogP contribution in [0.4, 0.5) is 8.78 Å². The zero-order chi connectivity index (χ0) is 15.9. The van der Waals surface area contributed by atoms with Crippen molar-refractivity contribution in [1.82, 2.24) is 5.32 Å². The minimum atomic E-state index is -3.09. The van der Waals surface area contributed by atoms with Gasteiger partial charge in [-0.05, 0) is 36.6 Å². The van der Waals surface area contributed by atoms with Crippen LogP contribution in [-0.4, -0.2) is 31.5 Å². The standard InChI is InChI=1S/C15H22F2N2O2.ClH/c1-11(2)7-8-21-13-5-3-12(4-6-13)14(20)19-10-15(16,17)9-18;/h3-6,11H,7-10,18H2,1-2H3,(H,19,20);1H. The second-order valence-corrected chi connectivity index (χ2v) is 5.30. The zero-order valence-electron chi connectivity index (χ0n) is 12.8. The van der Waals surface area contributed by atoms with E-state index in [4.69, 9.17) is 10.5 Å². The number of halogens is 3. The molecule has 4 nitrogen and oxygen atoms in total. The molecule has 0 unspecified atom stereocenters. The number of rotatable bonds is 8. The number of benzene rings is 1. The zero-order valence-corrected chi connectivity index (χ0v) is 13.6. The molecule has 126 valence electrons. The van der Waals surface area contributed by atoms with Crippen molar-refractivity contribution < 1.29 is 18.3 Å². The molecule has 0 aliphatic carbocycles. The molecule has 1 rings (SSSR count). The van der Waals surface area contributed by atoms with E-state index in [2.05, 4.69) is 19.2 Å². The van der Waals surface area contributed by atoms with Crippen LogP contribution in [0.1, 0.15) is 30.6 Å². The monoisotopic (exact) mass is 336 g/mol. The van der Waals surface area contributed by atoms with Gasteiger partial charge in [0.15, 0.2) is 0 Å². The van der Waals surface area contributed by atoms with Crippen LogP contribution in [0, 0.1) is 5.92 Å². The van der Waals surface area contributed by atoms with Gasteiger partial charge in [0, 0.05) is 5.56 Å². The maximum Gasteiger partial charge on any atom is 0.277 e. The molecule has 1 aromatic carbocycles. The number of hydrogen-bond donors (Lipinski definition) is 2. The van der Waals surface area contributed by atoms with Gasteiger partial charge in [-0.15, -0.1) is 12.4 Å². The van der Waals surface area contributed by atoms with Gasteiger partial charge < -0.3 is 15.8 Å². The fourth-order valence-corrected chi connectivity index (χ4v) is 1.50. The lowest BCUT2D eigenvalue weighted by Gasteiger charge is -2.14. The molecule has 1 aromatic rings. The first-order chi connectivity index (χ1) is 9.84. The first kappa shape index (κ1) is 20.6. The number of nitrogens with two attached hydrogens (primary N) is 1. The molecule has 7 heteroatoms. The Hall–Kier alpha value is -1.40. The Balaban J connectivity index is 0.00000441. The van der Waals surface area contributed by atoms with Gasteiger partial charge in [0.05, 0.1) is 19.7 Å². The third-order valence-corrected chi connectivity index (χ3v) is 2.89. The molecule has 1 amide bonds. The predicted molar refractivity (Wildman–Crippen MR) is 85.0 cm³/mol. The highest BCUT2D eigenvalue weighted by Crippen LogP contribution is 2.14. The lowest BCUT2D eigenvalue weighted by molar-refractivity contribution is 0.0118. The first-order valence-corrected chi connectivity index (χ1v) is 6.93. The number of alkyl halides is 2. The third-order valence-electron chi connectivity index (χ3n) is 2.89. The van der Waals surface area contributed by atoms with Gasteiger partial charge >= 0.3 is 0 Å². The summed E-state index contributed by atoms with van der Waals surface area (Å²) in [5.41, 5.74) is 5.21. The molecule has 0 saturated carbocycles. The number of hydrogen-bond acceptors (Lipinski definition) is 3. The molecule has 0 fully saturated rings. The molecule has 0 aliphatic rings. The first-order valence-electron chi connectivity index (χ1n) is 6.93. The largest absolute Gasteiger partial charge is 0.494 e. The Morgan fingerprint density at radius 1 is 1.32 bits per heavy atom. The van der Waals surface area contributed by atoms with Crippen molar-refractivity contribution >= 4 is 18.3 Å². The van der Waals surface area contributed by atoms with Gasteiger partial charge in [-0.25, -0.2) is 8.78 Å². The van der Waals surface area contributed by atoms with Crippen molar-refractivity contribution in [2.75, 3.05) is 19.7 Å². The molecule has 0 aromatic heterocycles. The van der Waals surface area contributed by atoms with Crippen LogP contribution in [0.15, 0.2) is 24.3 Å². The van der Waals surface area contributed by atoms with Crippen LogP contribution in [0.2, 0.25) is 0 Å². The molecule has 0 spiro atoms. The topological polar surface area (TPSA) is 64.3 Å². The minimum Gasteiger partial charge on any atom is -0.494 e. The summed E-state index contributed by atoms with van der Waals surface area (Å²) in [5, 5.41) is 2.16. The Morgan fingerprint density at radius 3 is 2.41 bits per heavy atom. The summed E-state index contributed by atoms with van der Waals surface area (Å²) < 4.78 is 31.4. The second-order valence-electron chi connectivity index (χ2n) is 5.30. The number of amides is 1. The van der Waals surface area contributed by atoms with Crippen LogP contribution >= 0.6 is 12.4 Å². The number of carbonyl (C=O) groups is 1. The highest BCUT2D eigenvalue weighted by atomic mass is 35.5. The fraction of sp³-hybridized carbons (Fsp3) is 0.533. The normalized spacial score (nSPS) is 11.0. The SMILES string of the molecule is CC(C)CCOc1ccc(C(=O)NCC(F)(F)CN)cc1.Cl. The molecule has 22 heavy (non-hydrogen) atoms. The predicted octanol–water partition coefficient (Wildman–Crippen LogP) is 2.86. The number of nitrogens with one attached hydrogen (secondary N) is 1. The lowest BCUT2D eigenvalue weighted by Crippen LogP contribution is -2.41. The van der Waals surface area contributed by atoms with Gasteiger partial charge in [0.1, 0.15) is 5.75 Å². The van der Waals surface area contributed by atoms with Crippen molar-refractivity contribution in [1.29, 1.82) is 0 Å². The minimum absolute atomic E-state index is 0. The number of ether oxygens (including phenoxy) is 1. The van der Waals surface area contributed by atoms with E-state index >= 15 is 0 Å². The second kappa shape index (κ2) is 9.58. The van der Waals surface area contributed by atoms with Crippen molar-refractivity contribution in [3.8, 4) is 5.75 Å². The molecule has 0 radical (unpaired) electrons. The Morgan fingerprint density at radius 2 is 1.91 bits per heavy atom. The van der Waals surface area contributed by atoms with Gasteiger partial charge in [0.25, 0.3) is 11.8 Å². The highest BCUT2D eigenvalue weighted by Gasteiger charge is 2.27. The molecule has 0 atom stereocenters. The third kappa shape index (κ3) is 7.56. The van der Waals surface area contributed by atoms with Gasteiger partial charge in [-0.2, -0.15) is 0 Å². The van der Waals surface area contributed by atoms with Gasteiger partial charge in [-0.1, -0.05) is 13.8 Å². The molecule has 3 N–H and O–H groups in total. The fourth-order valence-electron chi connectivity index (χ4n) is 1.50. The molecular formula is C15H23ClF2N2O2. The van der Waals surface area contributed by atoms with Gasteiger partial charge in [0.2, 0.25) is 0 Å². The Kier molecular flexibility index (Phi) is 8.97. The quantitative estimate of drug-likeness (QED) is 0.767.